The van der Waals surface area contributed by atoms with E-state index in [1.54, 1.807) is 7.11 Å². The highest BCUT2D eigenvalue weighted by atomic mass is 16.5. The summed E-state index contributed by atoms with van der Waals surface area (Å²) in [6, 6.07) is 8.08. The minimum Gasteiger partial charge on any atom is -0.496 e. The van der Waals surface area contributed by atoms with Crippen LogP contribution >= 0.6 is 0 Å². The van der Waals surface area contributed by atoms with Gasteiger partial charge in [0.25, 0.3) is 0 Å². The Morgan fingerprint density at radius 2 is 1.79 bits per heavy atom. The largest absolute Gasteiger partial charge is 0.496 e. The molecule has 0 bridgehead atoms. The number of amides is 1. The molecule has 1 aromatic carbocycles. The second kappa shape index (κ2) is 12.2. The third-order valence-electron chi connectivity index (χ3n) is 4.72. The number of methoxy groups -OCH3 is 1. The first kappa shape index (κ1) is 23.8. The third kappa shape index (κ3) is 6.71. The van der Waals surface area contributed by atoms with Gasteiger partial charge in [0, 0.05) is 32.2 Å². The molecule has 1 amide bonds. The number of likely N-dealkylation sites (N-methyl/N-ethyl adjacent to an activating group) is 3. The molecule has 0 radical (unpaired) electrons. The van der Waals surface area contributed by atoms with Crippen molar-refractivity contribution in [3.8, 4) is 5.75 Å². The van der Waals surface area contributed by atoms with Crippen LogP contribution in [0.25, 0.3) is 0 Å². The first-order valence-corrected chi connectivity index (χ1v) is 9.95. The predicted molar refractivity (Wildman–Crippen MR) is 116 cm³/mol. The van der Waals surface area contributed by atoms with E-state index in [4.69, 9.17) is 9.73 Å². The Balaban J connectivity index is 3.00. The highest BCUT2D eigenvalue weighted by Gasteiger charge is 2.20. The number of guanidine groups is 1. The SMILES string of the molecule is CCNC(=NCC(c1ccccc1OC)N(C)C)N(C)CC(=O)N(CC)CC. The molecule has 0 saturated carbocycles. The van der Waals surface area contributed by atoms with Gasteiger partial charge in [-0.15, -0.1) is 0 Å². The molecule has 0 aliphatic heterocycles. The number of hydrogen-bond donors (Lipinski definition) is 1. The zero-order chi connectivity index (χ0) is 21.1. The molecule has 1 N–H and O–H groups in total. The van der Waals surface area contributed by atoms with Gasteiger partial charge in [-0.05, 0) is 40.9 Å². The van der Waals surface area contributed by atoms with Crippen LogP contribution in [-0.2, 0) is 4.79 Å². The number of benzene rings is 1. The second-order valence-electron chi connectivity index (χ2n) is 6.84. The van der Waals surface area contributed by atoms with Crippen molar-refractivity contribution in [3.63, 3.8) is 0 Å². The number of hydrogen-bond acceptors (Lipinski definition) is 4. The molecule has 7 heteroatoms. The molecule has 0 heterocycles. The average molecular weight is 392 g/mol. The van der Waals surface area contributed by atoms with E-state index in [1.807, 2.05) is 69.9 Å². The van der Waals surface area contributed by atoms with Crippen molar-refractivity contribution in [2.24, 2.45) is 4.99 Å². The Morgan fingerprint density at radius 3 is 2.32 bits per heavy atom. The van der Waals surface area contributed by atoms with E-state index in [0.717, 1.165) is 23.8 Å². The first-order chi connectivity index (χ1) is 13.4. The fourth-order valence-electron chi connectivity index (χ4n) is 3.08. The third-order valence-corrected chi connectivity index (χ3v) is 4.72. The van der Waals surface area contributed by atoms with Crippen LogP contribution in [0.5, 0.6) is 5.75 Å². The van der Waals surface area contributed by atoms with Crippen molar-refractivity contribution < 1.29 is 9.53 Å². The smallest absolute Gasteiger partial charge is 0.242 e. The van der Waals surface area contributed by atoms with Gasteiger partial charge in [0.2, 0.25) is 5.91 Å². The summed E-state index contributed by atoms with van der Waals surface area (Å²) in [6.45, 7) is 9.05. The summed E-state index contributed by atoms with van der Waals surface area (Å²) in [7, 11) is 7.66. The van der Waals surface area contributed by atoms with Crippen LogP contribution < -0.4 is 10.1 Å². The van der Waals surface area contributed by atoms with Crippen LogP contribution in [-0.4, -0.2) is 87.5 Å². The van der Waals surface area contributed by atoms with E-state index in [0.29, 0.717) is 26.2 Å². The molecule has 0 saturated heterocycles. The lowest BCUT2D eigenvalue weighted by Gasteiger charge is -2.28. The topological polar surface area (TPSA) is 60.4 Å². The quantitative estimate of drug-likeness (QED) is 0.489. The van der Waals surface area contributed by atoms with E-state index in [9.17, 15) is 4.79 Å². The van der Waals surface area contributed by atoms with Gasteiger partial charge in [-0.2, -0.15) is 0 Å². The summed E-state index contributed by atoms with van der Waals surface area (Å²) in [5.41, 5.74) is 1.09. The maximum absolute atomic E-state index is 12.5. The molecule has 1 unspecified atom stereocenters. The predicted octanol–water partition coefficient (Wildman–Crippen LogP) is 2.06. The van der Waals surface area contributed by atoms with Gasteiger partial charge in [-0.3, -0.25) is 9.79 Å². The summed E-state index contributed by atoms with van der Waals surface area (Å²) >= 11 is 0. The maximum Gasteiger partial charge on any atom is 0.242 e. The van der Waals surface area contributed by atoms with Crippen molar-refractivity contribution in [1.29, 1.82) is 0 Å². The number of para-hydroxylation sites is 1. The van der Waals surface area contributed by atoms with Gasteiger partial charge < -0.3 is 24.8 Å². The van der Waals surface area contributed by atoms with Gasteiger partial charge in [-0.25, -0.2) is 0 Å². The molecular weight excluding hydrogens is 354 g/mol. The Morgan fingerprint density at radius 1 is 1.14 bits per heavy atom. The summed E-state index contributed by atoms with van der Waals surface area (Å²) in [5.74, 6) is 1.68. The normalized spacial score (nSPS) is 12.6. The lowest BCUT2D eigenvalue weighted by molar-refractivity contribution is -0.131. The molecule has 0 aromatic heterocycles. The summed E-state index contributed by atoms with van der Waals surface area (Å²) in [6.07, 6.45) is 0. The minimum absolute atomic E-state index is 0.0664. The van der Waals surface area contributed by atoms with Crippen LogP contribution in [0.4, 0.5) is 0 Å². The zero-order valence-corrected chi connectivity index (χ0v) is 18.5. The summed E-state index contributed by atoms with van der Waals surface area (Å²) in [4.78, 5) is 23.1. The van der Waals surface area contributed by atoms with Crippen molar-refractivity contribution in [2.75, 3.05) is 61.0 Å². The highest BCUT2D eigenvalue weighted by molar-refractivity contribution is 5.86. The number of ether oxygens (including phenoxy) is 1. The van der Waals surface area contributed by atoms with Gasteiger partial charge in [0.15, 0.2) is 5.96 Å². The molecule has 0 spiro atoms. The molecule has 0 fully saturated rings. The van der Waals surface area contributed by atoms with Crippen molar-refractivity contribution in [2.45, 2.75) is 26.8 Å². The standard InChI is InChI=1S/C21H37N5O2/c1-8-22-21(25(6)16-20(27)26(9-2)10-3)23-15-18(24(4)5)17-13-11-12-14-19(17)28-7/h11-14,18H,8-10,15-16H2,1-7H3,(H,22,23). The van der Waals surface area contributed by atoms with E-state index < -0.39 is 0 Å². The van der Waals surface area contributed by atoms with Gasteiger partial charge in [0.05, 0.1) is 26.2 Å². The van der Waals surface area contributed by atoms with Crippen molar-refractivity contribution in [1.82, 2.24) is 20.0 Å². The van der Waals surface area contributed by atoms with E-state index >= 15 is 0 Å². The molecule has 0 aliphatic carbocycles. The zero-order valence-electron chi connectivity index (χ0n) is 18.5. The lowest BCUT2D eigenvalue weighted by atomic mass is 10.0. The molecule has 0 aliphatic rings. The fraction of sp³-hybridized carbons (Fsp3) is 0.619. The fourth-order valence-corrected chi connectivity index (χ4v) is 3.08. The number of carbonyl (C=O) groups is 1. The lowest BCUT2D eigenvalue weighted by Crippen LogP contribution is -2.46. The Labute approximate surface area is 170 Å². The maximum atomic E-state index is 12.5. The first-order valence-electron chi connectivity index (χ1n) is 9.95. The summed E-state index contributed by atoms with van der Waals surface area (Å²) < 4.78 is 5.53. The molecule has 1 rings (SSSR count). The average Bonchev–Trinajstić information content (AvgIpc) is 2.68. The van der Waals surface area contributed by atoms with Crippen LogP contribution in [0.15, 0.2) is 29.3 Å². The van der Waals surface area contributed by atoms with E-state index in [1.165, 1.54) is 0 Å². The number of aliphatic imine (C=N–C) groups is 1. The molecule has 28 heavy (non-hydrogen) atoms. The van der Waals surface area contributed by atoms with Gasteiger partial charge >= 0.3 is 0 Å². The molecular formula is C21H37N5O2. The molecule has 7 nitrogen and oxygen atoms in total. The Kier molecular flexibility index (Phi) is 10.4. The molecule has 1 aromatic rings. The van der Waals surface area contributed by atoms with Crippen LogP contribution in [0.2, 0.25) is 0 Å². The minimum atomic E-state index is 0.0664. The Hall–Kier alpha value is -2.28. The molecule has 1 atom stereocenters. The highest BCUT2D eigenvalue weighted by Crippen LogP contribution is 2.28. The number of rotatable bonds is 10. The van der Waals surface area contributed by atoms with E-state index in [2.05, 4.69) is 16.3 Å². The van der Waals surface area contributed by atoms with Crippen molar-refractivity contribution >= 4 is 11.9 Å². The van der Waals surface area contributed by atoms with Crippen LogP contribution in [0.1, 0.15) is 32.4 Å². The monoisotopic (exact) mass is 391 g/mol. The van der Waals surface area contributed by atoms with Gasteiger partial charge in [-0.1, -0.05) is 18.2 Å². The van der Waals surface area contributed by atoms with Crippen LogP contribution in [0, 0.1) is 0 Å². The number of carbonyl (C=O) groups excluding carboxylic acids is 1. The van der Waals surface area contributed by atoms with Crippen molar-refractivity contribution in [3.05, 3.63) is 29.8 Å². The molecule has 158 valence electrons. The van der Waals surface area contributed by atoms with Gasteiger partial charge in [0.1, 0.15) is 5.75 Å². The summed E-state index contributed by atoms with van der Waals surface area (Å²) in [5, 5.41) is 3.29. The number of nitrogens with zero attached hydrogens (tertiary/aromatic N) is 4. The van der Waals surface area contributed by atoms with Crippen LogP contribution in [0.3, 0.4) is 0 Å². The Bertz CT molecular complexity index is 629. The number of nitrogens with one attached hydrogen (secondary N) is 1. The van der Waals surface area contributed by atoms with E-state index in [-0.39, 0.29) is 11.9 Å². The second-order valence-corrected chi connectivity index (χ2v) is 6.84.